The Morgan fingerprint density at radius 1 is 1.21 bits per heavy atom. The summed E-state index contributed by atoms with van der Waals surface area (Å²) in [5, 5.41) is 2.95. The summed E-state index contributed by atoms with van der Waals surface area (Å²) < 4.78 is 5.33. The van der Waals surface area contributed by atoms with E-state index >= 15 is 0 Å². The molecule has 0 radical (unpaired) electrons. The van der Waals surface area contributed by atoms with Gasteiger partial charge >= 0.3 is 0 Å². The monoisotopic (exact) mass is 277 g/mol. The second-order valence-corrected chi connectivity index (χ2v) is 5.11. The fourth-order valence-corrected chi connectivity index (χ4v) is 1.99. The molecule has 0 aliphatic rings. The van der Waals surface area contributed by atoms with Gasteiger partial charge in [-0.15, -0.1) is 11.6 Å². The molecule has 2 aromatic rings. The number of amides is 1. The maximum Gasteiger partial charge on any atom is 0.287 e. The van der Waals surface area contributed by atoms with Crippen LogP contribution in [-0.4, -0.2) is 5.91 Å². The number of benzene rings is 1. The third kappa shape index (κ3) is 3.18. The van der Waals surface area contributed by atoms with Gasteiger partial charge in [-0.05, 0) is 31.5 Å². The average Bonchev–Trinajstić information content (AvgIpc) is 2.88. The van der Waals surface area contributed by atoms with Crippen molar-refractivity contribution in [1.82, 2.24) is 5.32 Å². The summed E-state index contributed by atoms with van der Waals surface area (Å²) in [4.78, 5) is 12.1. The minimum atomic E-state index is -0.466. The van der Waals surface area contributed by atoms with Crippen molar-refractivity contribution in [2.45, 2.75) is 25.3 Å². The van der Waals surface area contributed by atoms with Crippen molar-refractivity contribution in [3.05, 3.63) is 59.5 Å². The zero-order valence-corrected chi connectivity index (χ0v) is 11.7. The Hall–Kier alpha value is -1.74. The van der Waals surface area contributed by atoms with Gasteiger partial charge in [-0.3, -0.25) is 4.79 Å². The van der Waals surface area contributed by atoms with E-state index in [0.29, 0.717) is 5.76 Å². The van der Waals surface area contributed by atoms with Crippen molar-refractivity contribution in [2.24, 2.45) is 0 Å². The van der Waals surface area contributed by atoms with Gasteiger partial charge < -0.3 is 9.73 Å². The van der Waals surface area contributed by atoms with E-state index in [9.17, 15) is 4.79 Å². The summed E-state index contributed by atoms with van der Waals surface area (Å²) in [7, 11) is 0. The van der Waals surface area contributed by atoms with Crippen LogP contribution in [0, 0.1) is 0 Å². The van der Waals surface area contributed by atoms with E-state index in [1.807, 2.05) is 44.2 Å². The summed E-state index contributed by atoms with van der Waals surface area (Å²) >= 11 is 5.65. The van der Waals surface area contributed by atoms with E-state index in [1.165, 1.54) is 0 Å². The van der Waals surface area contributed by atoms with Gasteiger partial charge in [0, 0.05) is 0 Å². The zero-order chi connectivity index (χ0) is 13.9. The Balaban J connectivity index is 2.14. The first kappa shape index (κ1) is 13.7. The van der Waals surface area contributed by atoms with Crippen molar-refractivity contribution >= 4 is 17.5 Å². The Labute approximate surface area is 117 Å². The summed E-state index contributed by atoms with van der Waals surface area (Å²) in [5.41, 5.74) is 0.569. The number of halogens is 1. The molecule has 0 saturated carbocycles. The Morgan fingerprint density at radius 2 is 1.89 bits per heavy atom. The van der Waals surface area contributed by atoms with Crippen LogP contribution in [0.5, 0.6) is 0 Å². The van der Waals surface area contributed by atoms with Crippen molar-refractivity contribution < 1.29 is 9.21 Å². The maximum absolute atomic E-state index is 12.1. The zero-order valence-electron chi connectivity index (χ0n) is 10.9. The van der Waals surface area contributed by atoms with Crippen molar-refractivity contribution in [3.63, 3.8) is 0 Å². The molecule has 0 atom stereocenters. The van der Waals surface area contributed by atoms with Gasteiger partial charge in [0.2, 0.25) is 0 Å². The Morgan fingerprint density at radius 3 is 2.47 bits per heavy atom. The van der Waals surface area contributed by atoms with E-state index in [2.05, 4.69) is 5.32 Å². The largest absolute Gasteiger partial charge is 0.455 e. The second kappa shape index (κ2) is 5.49. The highest BCUT2D eigenvalue weighted by atomic mass is 35.5. The molecule has 100 valence electrons. The number of hydrogen-bond donors (Lipinski definition) is 1. The van der Waals surface area contributed by atoms with E-state index < -0.39 is 5.54 Å². The lowest BCUT2D eigenvalue weighted by Gasteiger charge is -2.26. The molecule has 0 aliphatic carbocycles. The summed E-state index contributed by atoms with van der Waals surface area (Å²) in [6.07, 6.45) is 0. The van der Waals surface area contributed by atoms with E-state index in [1.54, 1.807) is 12.1 Å². The number of rotatable bonds is 4. The molecule has 0 spiro atoms. The van der Waals surface area contributed by atoms with Gasteiger partial charge in [0.15, 0.2) is 5.76 Å². The lowest BCUT2D eigenvalue weighted by atomic mass is 9.94. The molecular formula is C15H16ClNO2. The normalized spacial score (nSPS) is 11.3. The lowest BCUT2D eigenvalue weighted by Crippen LogP contribution is -2.40. The summed E-state index contributed by atoms with van der Waals surface area (Å²) in [5.74, 6) is 0.879. The highest BCUT2D eigenvalue weighted by Crippen LogP contribution is 2.20. The number of carbonyl (C=O) groups is 1. The van der Waals surface area contributed by atoms with Gasteiger partial charge in [0.25, 0.3) is 5.91 Å². The standard InChI is InChI=1S/C15H16ClNO2/c1-15(2,11-6-4-3-5-7-11)17-14(18)13-9-8-12(10-16)19-13/h3-9H,10H2,1-2H3,(H,17,18). The van der Waals surface area contributed by atoms with Crippen LogP contribution < -0.4 is 5.32 Å². The lowest BCUT2D eigenvalue weighted by molar-refractivity contribution is 0.0882. The van der Waals surface area contributed by atoms with Crippen LogP contribution in [0.4, 0.5) is 0 Å². The van der Waals surface area contributed by atoms with Crippen LogP contribution in [0.25, 0.3) is 0 Å². The predicted octanol–water partition coefficient (Wildman–Crippen LogP) is 3.68. The molecule has 4 heteroatoms. The number of nitrogens with one attached hydrogen (secondary N) is 1. The first-order valence-corrected chi connectivity index (χ1v) is 6.59. The second-order valence-electron chi connectivity index (χ2n) is 4.84. The molecule has 19 heavy (non-hydrogen) atoms. The quantitative estimate of drug-likeness (QED) is 0.866. The minimum Gasteiger partial charge on any atom is -0.455 e. The maximum atomic E-state index is 12.1. The van der Waals surface area contributed by atoms with E-state index in [-0.39, 0.29) is 17.5 Å². The minimum absolute atomic E-state index is 0.245. The summed E-state index contributed by atoms with van der Waals surface area (Å²) in [6, 6.07) is 13.1. The first-order valence-electron chi connectivity index (χ1n) is 6.05. The molecule has 1 N–H and O–H groups in total. The van der Waals surface area contributed by atoms with Gasteiger partial charge in [-0.25, -0.2) is 0 Å². The molecule has 0 fully saturated rings. The van der Waals surface area contributed by atoms with Crippen molar-refractivity contribution in [1.29, 1.82) is 0 Å². The smallest absolute Gasteiger partial charge is 0.287 e. The molecule has 1 heterocycles. The van der Waals surface area contributed by atoms with Crippen LogP contribution in [0.3, 0.4) is 0 Å². The van der Waals surface area contributed by atoms with Crippen molar-refractivity contribution in [2.75, 3.05) is 0 Å². The van der Waals surface area contributed by atoms with Crippen LogP contribution in [0.15, 0.2) is 46.9 Å². The van der Waals surface area contributed by atoms with Crippen LogP contribution in [0.1, 0.15) is 35.7 Å². The molecule has 1 aromatic carbocycles. The molecule has 3 nitrogen and oxygen atoms in total. The Bertz CT molecular complexity index is 561. The number of alkyl halides is 1. The molecular weight excluding hydrogens is 262 g/mol. The summed E-state index contributed by atoms with van der Waals surface area (Å²) in [6.45, 7) is 3.90. The van der Waals surface area contributed by atoms with Gasteiger partial charge in [0.1, 0.15) is 5.76 Å². The third-order valence-electron chi connectivity index (χ3n) is 2.94. The Kier molecular flexibility index (Phi) is 3.96. The highest BCUT2D eigenvalue weighted by molar-refractivity contribution is 6.16. The fourth-order valence-electron chi connectivity index (χ4n) is 1.84. The van der Waals surface area contributed by atoms with Crippen LogP contribution in [0.2, 0.25) is 0 Å². The van der Waals surface area contributed by atoms with Gasteiger partial charge in [0.05, 0.1) is 11.4 Å². The van der Waals surface area contributed by atoms with Crippen LogP contribution in [-0.2, 0) is 11.4 Å². The van der Waals surface area contributed by atoms with Crippen molar-refractivity contribution in [3.8, 4) is 0 Å². The van der Waals surface area contributed by atoms with E-state index in [0.717, 1.165) is 5.56 Å². The number of carbonyl (C=O) groups excluding carboxylic acids is 1. The first-order chi connectivity index (χ1) is 9.03. The molecule has 2 rings (SSSR count). The SMILES string of the molecule is CC(C)(NC(=O)c1ccc(CCl)o1)c1ccccc1. The molecule has 1 aromatic heterocycles. The number of furan rings is 1. The molecule has 0 unspecified atom stereocenters. The van der Waals surface area contributed by atoms with Gasteiger partial charge in [-0.2, -0.15) is 0 Å². The topological polar surface area (TPSA) is 42.2 Å². The van der Waals surface area contributed by atoms with Crippen LogP contribution >= 0.6 is 11.6 Å². The predicted molar refractivity (Wildman–Crippen MR) is 75.2 cm³/mol. The highest BCUT2D eigenvalue weighted by Gasteiger charge is 2.24. The molecule has 1 amide bonds. The van der Waals surface area contributed by atoms with E-state index in [4.69, 9.17) is 16.0 Å². The third-order valence-corrected chi connectivity index (χ3v) is 3.20. The molecule has 0 saturated heterocycles. The molecule has 0 bridgehead atoms. The van der Waals surface area contributed by atoms with Gasteiger partial charge in [-0.1, -0.05) is 30.3 Å². The molecule has 0 aliphatic heterocycles. The number of hydrogen-bond acceptors (Lipinski definition) is 2. The fraction of sp³-hybridized carbons (Fsp3) is 0.267. The average molecular weight is 278 g/mol.